The number of allylic oxidation sites excluding steroid dienone is 1. The average molecular weight is 220 g/mol. The van der Waals surface area contributed by atoms with Gasteiger partial charge in [0.1, 0.15) is 6.10 Å². The number of aliphatic hydroxyl groups is 1. The van der Waals surface area contributed by atoms with Gasteiger partial charge in [-0.1, -0.05) is 43.3 Å². The Hall–Kier alpha value is -1.61. The summed E-state index contributed by atoms with van der Waals surface area (Å²) in [6, 6.07) is 9.05. The highest BCUT2D eigenvalue weighted by Crippen LogP contribution is 2.22. The molecule has 1 rings (SSSR count). The summed E-state index contributed by atoms with van der Waals surface area (Å²) in [7, 11) is 1.31. The fourth-order valence-corrected chi connectivity index (χ4v) is 1.46. The van der Waals surface area contributed by atoms with Gasteiger partial charge in [0.25, 0.3) is 0 Å². The van der Waals surface area contributed by atoms with Crippen LogP contribution in [0.4, 0.5) is 0 Å². The minimum atomic E-state index is -0.923. The molecule has 0 amide bonds. The average Bonchev–Trinajstić information content (AvgIpc) is 2.35. The van der Waals surface area contributed by atoms with E-state index >= 15 is 0 Å². The van der Waals surface area contributed by atoms with Gasteiger partial charge in [-0.15, -0.1) is 0 Å². The molecule has 0 aliphatic rings. The quantitative estimate of drug-likeness (QED) is 0.625. The Kier molecular flexibility index (Phi) is 4.73. The first-order valence-electron chi connectivity index (χ1n) is 5.22. The van der Waals surface area contributed by atoms with Crippen molar-refractivity contribution in [1.82, 2.24) is 0 Å². The van der Waals surface area contributed by atoms with Crippen LogP contribution >= 0.6 is 0 Å². The number of hydrogen-bond donors (Lipinski definition) is 1. The number of methoxy groups -OCH3 is 1. The molecule has 1 aromatic carbocycles. The van der Waals surface area contributed by atoms with E-state index < -0.39 is 12.1 Å². The van der Waals surface area contributed by atoms with E-state index in [9.17, 15) is 9.90 Å². The van der Waals surface area contributed by atoms with Crippen LogP contribution in [0, 0.1) is 0 Å². The van der Waals surface area contributed by atoms with E-state index in [0.29, 0.717) is 12.0 Å². The topological polar surface area (TPSA) is 46.5 Å². The van der Waals surface area contributed by atoms with Crippen LogP contribution in [0.25, 0.3) is 0 Å². The zero-order valence-electron chi connectivity index (χ0n) is 9.51. The number of aliphatic hydroxyl groups excluding tert-OH is 1. The van der Waals surface area contributed by atoms with Crippen molar-refractivity contribution in [3.63, 3.8) is 0 Å². The Morgan fingerprint density at radius 1 is 1.44 bits per heavy atom. The Balaban J connectivity index is 2.97. The molecule has 0 heterocycles. The van der Waals surface area contributed by atoms with Crippen molar-refractivity contribution in [2.75, 3.05) is 7.11 Å². The zero-order chi connectivity index (χ0) is 12.0. The lowest BCUT2D eigenvalue weighted by Gasteiger charge is -2.13. The molecular formula is C13H16O3. The maximum atomic E-state index is 11.5. The molecule has 0 radical (unpaired) electrons. The summed E-state index contributed by atoms with van der Waals surface area (Å²) in [6.07, 6.45) is 1.44. The third-order valence-corrected chi connectivity index (χ3v) is 2.26. The van der Waals surface area contributed by atoms with E-state index in [-0.39, 0.29) is 5.57 Å². The highest BCUT2D eigenvalue weighted by Gasteiger charge is 2.20. The first kappa shape index (κ1) is 12.5. The molecule has 3 heteroatoms. The molecule has 0 saturated carbocycles. The first-order chi connectivity index (χ1) is 7.70. The number of ether oxygens (including phenoxy) is 1. The second kappa shape index (κ2) is 6.08. The van der Waals surface area contributed by atoms with Crippen molar-refractivity contribution in [3.05, 3.63) is 47.5 Å². The van der Waals surface area contributed by atoms with Gasteiger partial charge in [-0.3, -0.25) is 0 Å². The van der Waals surface area contributed by atoms with Gasteiger partial charge in [0, 0.05) is 0 Å². The smallest absolute Gasteiger partial charge is 0.336 e. The molecule has 0 bridgehead atoms. The van der Waals surface area contributed by atoms with Crippen LogP contribution < -0.4 is 0 Å². The van der Waals surface area contributed by atoms with Crippen LogP contribution in [-0.4, -0.2) is 18.2 Å². The summed E-state index contributed by atoms with van der Waals surface area (Å²) in [5.41, 5.74) is 0.976. The highest BCUT2D eigenvalue weighted by atomic mass is 16.5. The molecule has 0 spiro atoms. The van der Waals surface area contributed by atoms with Crippen molar-refractivity contribution in [2.45, 2.75) is 19.4 Å². The van der Waals surface area contributed by atoms with Gasteiger partial charge in [-0.05, 0) is 12.0 Å². The SMILES string of the molecule is CC/C=C(/C(=O)OC)C(O)c1ccccc1. The minimum absolute atomic E-state index is 0.288. The van der Waals surface area contributed by atoms with Crippen molar-refractivity contribution in [1.29, 1.82) is 0 Å². The van der Waals surface area contributed by atoms with Crippen LogP contribution in [-0.2, 0) is 9.53 Å². The van der Waals surface area contributed by atoms with Crippen molar-refractivity contribution in [3.8, 4) is 0 Å². The number of benzene rings is 1. The fraction of sp³-hybridized carbons (Fsp3) is 0.308. The summed E-state index contributed by atoms with van der Waals surface area (Å²) < 4.78 is 4.64. The molecule has 1 N–H and O–H groups in total. The van der Waals surface area contributed by atoms with Gasteiger partial charge in [0.05, 0.1) is 12.7 Å². The zero-order valence-corrected chi connectivity index (χ0v) is 9.51. The second-order valence-corrected chi connectivity index (χ2v) is 3.37. The summed E-state index contributed by atoms with van der Waals surface area (Å²) >= 11 is 0. The van der Waals surface area contributed by atoms with Crippen LogP contribution in [0.15, 0.2) is 42.0 Å². The minimum Gasteiger partial charge on any atom is -0.466 e. The largest absolute Gasteiger partial charge is 0.466 e. The van der Waals surface area contributed by atoms with E-state index in [0.717, 1.165) is 0 Å². The lowest BCUT2D eigenvalue weighted by Crippen LogP contribution is -2.13. The van der Waals surface area contributed by atoms with E-state index in [1.165, 1.54) is 7.11 Å². The Labute approximate surface area is 95.4 Å². The molecule has 1 atom stereocenters. The van der Waals surface area contributed by atoms with E-state index in [4.69, 9.17) is 0 Å². The summed E-state index contributed by atoms with van der Waals surface area (Å²) in [6.45, 7) is 1.90. The third-order valence-electron chi connectivity index (χ3n) is 2.26. The van der Waals surface area contributed by atoms with Crippen LogP contribution in [0.2, 0.25) is 0 Å². The number of esters is 1. The normalized spacial score (nSPS) is 13.3. The van der Waals surface area contributed by atoms with Gasteiger partial charge < -0.3 is 9.84 Å². The Morgan fingerprint density at radius 3 is 2.56 bits per heavy atom. The molecule has 0 aliphatic carbocycles. The summed E-state index contributed by atoms with van der Waals surface area (Å²) in [5.74, 6) is -0.488. The molecule has 0 aliphatic heterocycles. The van der Waals surface area contributed by atoms with Gasteiger partial charge >= 0.3 is 5.97 Å². The predicted octanol–water partition coefficient (Wildman–Crippen LogP) is 2.23. The summed E-state index contributed by atoms with van der Waals surface area (Å²) in [5, 5.41) is 10.0. The number of rotatable bonds is 4. The van der Waals surface area contributed by atoms with E-state index in [1.54, 1.807) is 18.2 Å². The highest BCUT2D eigenvalue weighted by molar-refractivity contribution is 5.89. The van der Waals surface area contributed by atoms with Crippen LogP contribution in [0.1, 0.15) is 25.0 Å². The molecule has 16 heavy (non-hydrogen) atoms. The van der Waals surface area contributed by atoms with Crippen molar-refractivity contribution < 1.29 is 14.6 Å². The molecule has 1 unspecified atom stereocenters. The molecular weight excluding hydrogens is 204 g/mol. The Morgan fingerprint density at radius 2 is 2.06 bits per heavy atom. The number of carbonyl (C=O) groups excluding carboxylic acids is 1. The van der Waals surface area contributed by atoms with E-state index in [2.05, 4.69) is 4.74 Å². The van der Waals surface area contributed by atoms with Gasteiger partial charge in [-0.25, -0.2) is 4.79 Å². The standard InChI is InChI=1S/C13H16O3/c1-3-7-11(13(15)16-2)12(14)10-8-5-4-6-9-10/h4-9,12,14H,3H2,1-2H3/b11-7+. The van der Waals surface area contributed by atoms with Crippen molar-refractivity contribution in [2.24, 2.45) is 0 Å². The molecule has 1 aromatic rings. The van der Waals surface area contributed by atoms with Crippen LogP contribution in [0.5, 0.6) is 0 Å². The van der Waals surface area contributed by atoms with E-state index in [1.807, 2.05) is 25.1 Å². The first-order valence-corrected chi connectivity index (χ1v) is 5.22. The third kappa shape index (κ3) is 2.94. The fourth-order valence-electron chi connectivity index (χ4n) is 1.46. The lowest BCUT2D eigenvalue weighted by atomic mass is 10.0. The predicted molar refractivity (Wildman–Crippen MR) is 61.8 cm³/mol. The van der Waals surface area contributed by atoms with Gasteiger partial charge in [0.15, 0.2) is 0 Å². The second-order valence-electron chi connectivity index (χ2n) is 3.37. The van der Waals surface area contributed by atoms with Gasteiger partial charge in [-0.2, -0.15) is 0 Å². The molecule has 0 fully saturated rings. The van der Waals surface area contributed by atoms with Crippen LogP contribution in [0.3, 0.4) is 0 Å². The molecule has 0 saturated heterocycles. The number of carbonyl (C=O) groups is 1. The number of hydrogen-bond acceptors (Lipinski definition) is 3. The monoisotopic (exact) mass is 220 g/mol. The molecule has 86 valence electrons. The molecule has 0 aromatic heterocycles. The maximum Gasteiger partial charge on any atom is 0.336 e. The van der Waals surface area contributed by atoms with Crippen molar-refractivity contribution >= 4 is 5.97 Å². The maximum absolute atomic E-state index is 11.5. The summed E-state index contributed by atoms with van der Waals surface area (Å²) in [4.78, 5) is 11.5. The molecule has 3 nitrogen and oxygen atoms in total. The van der Waals surface area contributed by atoms with Gasteiger partial charge in [0.2, 0.25) is 0 Å². The lowest BCUT2D eigenvalue weighted by molar-refractivity contribution is -0.137. The Bertz CT molecular complexity index is 368.